The largest absolute Gasteiger partial charge is 0.385 e. The second-order valence-corrected chi connectivity index (χ2v) is 5.29. The van der Waals surface area contributed by atoms with Crippen LogP contribution >= 0.6 is 0 Å². The number of ether oxygens (including phenoxy) is 1. The Morgan fingerprint density at radius 3 is 2.43 bits per heavy atom. The zero-order valence-electron chi connectivity index (χ0n) is 10.5. The summed E-state index contributed by atoms with van der Waals surface area (Å²) in [6.07, 6.45) is 2.39. The van der Waals surface area contributed by atoms with Crippen molar-refractivity contribution >= 4 is 0 Å². The topological polar surface area (TPSA) is 21.3 Å². The minimum absolute atomic E-state index is 0.396. The molecule has 0 spiro atoms. The molecule has 0 heterocycles. The van der Waals surface area contributed by atoms with E-state index in [9.17, 15) is 0 Å². The highest BCUT2D eigenvalue weighted by Crippen LogP contribution is 2.20. The lowest BCUT2D eigenvalue weighted by atomic mass is 9.88. The molecule has 0 bridgehead atoms. The van der Waals surface area contributed by atoms with Gasteiger partial charge >= 0.3 is 0 Å². The maximum atomic E-state index is 5.06. The van der Waals surface area contributed by atoms with Gasteiger partial charge < -0.3 is 10.1 Å². The number of hydrogen-bond acceptors (Lipinski definition) is 2. The van der Waals surface area contributed by atoms with E-state index >= 15 is 0 Å². The van der Waals surface area contributed by atoms with Crippen LogP contribution in [-0.4, -0.2) is 26.8 Å². The SMILES string of the molecule is COCCCC(C)(C)CNCC(C)C. The van der Waals surface area contributed by atoms with E-state index < -0.39 is 0 Å². The van der Waals surface area contributed by atoms with E-state index in [1.165, 1.54) is 6.42 Å². The van der Waals surface area contributed by atoms with Gasteiger partial charge in [0.05, 0.1) is 0 Å². The molecule has 0 rings (SSSR count). The van der Waals surface area contributed by atoms with Crippen molar-refractivity contribution in [3.8, 4) is 0 Å². The van der Waals surface area contributed by atoms with E-state index in [0.29, 0.717) is 5.41 Å². The lowest BCUT2D eigenvalue weighted by Gasteiger charge is -2.25. The molecule has 14 heavy (non-hydrogen) atoms. The predicted octanol–water partition coefficient (Wildman–Crippen LogP) is 2.68. The van der Waals surface area contributed by atoms with Crippen molar-refractivity contribution in [2.75, 3.05) is 26.8 Å². The quantitative estimate of drug-likeness (QED) is 0.610. The van der Waals surface area contributed by atoms with Gasteiger partial charge in [-0.2, -0.15) is 0 Å². The number of hydrogen-bond donors (Lipinski definition) is 1. The molecule has 2 nitrogen and oxygen atoms in total. The maximum absolute atomic E-state index is 5.06. The zero-order chi connectivity index (χ0) is 11.0. The molecule has 1 N–H and O–H groups in total. The molecule has 0 fully saturated rings. The predicted molar refractivity (Wildman–Crippen MR) is 62.6 cm³/mol. The first kappa shape index (κ1) is 13.9. The lowest BCUT2D eigenvalue weighted by Crippen LogP contribution is -2.32. The fraction of sp³-hybridized carbons (Fsp3) is 1.00. The number of methoxy groups -OCH3 is 1. The molecule has 0 aromatic heterocycles. The Hall–Kier alpha value is -0.0800. The average molecular weight is 201 g/mol. The summed E-state index contributed by atoms with van der Waals surface area (Å²) in [6.45, 7) is 12.2. The van der Waals surface area contributed by atoms with Crippen molar-refractivity contribution in [2.45, 2.75) is 40.5 Å². The van der Waals surface area contributed by atoms with Gasteiger partial charge in [0, 0.05) is 20.3 Å². The summed E-state index contributed by atoms with van der Waals surface area (Å²) in [7, 11) is 1.77. The molecule has 0 aromatic carbocycles. The highest BCUT2D eigenvalue weighted by atomic mass is 16.5. The Morgan fingerprint density at radius 1 is 1.29 bits per heavy atom. The third-order valence-corrected chi connectivity index (χ3v) is 2.36. The standard InChI is InChI=1S/C12H27NO/c1-11(2)9-13-10-12(3,4)7-6-8-14-5/h11,13H,6-10H2,1-5H3. The molecule has 0 aromatic rings. The van der Waals surface area contributed by atoms with Crippen LogP contribution in [0.25, 0.3) is 0 Å². The highest BCUT2D eigenvalue weighted by Gasteiger charge is 2.16. The minimum atomic E-state index is 0.396. The molecule has 0 unspecified atom stereocenters. The summed E-state index contributed by atoms with van der Waals surface area (Å²) in [5, 5.41) is 3.51. The van der Waals surface area contributed by atoms with Gasteiger partial charge in [-0.15, -0.1) is 0 Å². The van der Waals surface area contributed by atoms with Gasteiger partial charge in [0.15, 0.2) is 0 Å². The lowest BCUT2D eigenvalue weighted by molar-refractivity contribution is 0.174. The fourth-order valence-electron chi connectivity index (χ4n) is 1.48. The molecule has 0 radical (unpaired) electrons. The van der Waals surface area contributed by atoms with Gasteiger partial charge in [-0.25, -0.2) is 0 Å². The third-order valence-electron chi connectivity index (χ3n) is 2.36. The fourth-order valence-corrected chi connectivity index (χ4v) is 1.48. The van der Waals surface area contributed by atoms with E-state index in [1.807, 2.05) is 0 Å². The Morgan fingerprint density at radius 2 is 1.93 bits per heavy atom. The molecular weight excluding hydrogens is 174 g/mol. The average Bonchev–Trinajstić information content (AvgIpc) is 2.03. The summed E-state index contributed by atoms with van der Waals surface area (Å²) in [5.41, 5.74) is 0.396. The molecule has 0 aliphatic heterocycles. The molecule has 0 saturated carbocycles. The molecule has 0 aliphatic rings. The van der Waals surface area contributed by atoms with Crippen LogP contribution in [0.1, 0.15) is 40.5 Å². The first-order valence-corrected chi connectivity index (χ1v) is 5.67. The molecular formula is C12H27NO. The van der Waals surface area contributed by atoms with Gasteiger partial charge in [0.2, 0.25) is 0 Å². The Kier molecular flexibility index (Phi) is 7.20. The molecule has 0 amide bonds. The third kappa shape index (κ3) is 8.52. The van der Waals surface area contributed by atoms with Crippen molar-refractivity contribution in [3.05, 3.63) is 0 Å². The summed E-state index contributed by atoms with van der Waals surface area (Å²) >= 11 is 0. The Bertz CT molecular complexity index is 132. The molecule has 0 aliphatic carbocycles. The van der Waals surface area contributed by atoms with Crippen molar-refractivity contribution in [1.82, 2.24) is 5.32 Å². The molecule has 2 heteroatoms. The van der Waals surface area contributed by atoms with Crippen LogP contribution in [0.2, 0.25) is 0 Å². The first-order valence-electron chi connectivity index (χ1n) is 5.67. The summed E-state index contributed by atoms with van der Waals surface area (Å²) in [6, 6.07) is 0. The van der Waals surface area contributed by atoms with Gasteiger partial charge in [0.1, 0.15) is 0 Å². The van der Waals surface area contributed by atoms with E-state index in [2.05, 4.69) is 33.0 Å². The van der Waals surface area contributed by atoms with E-state index in [4.69, 9.17) is 4.74 Å². The van der Waals surface area contributed by atoms with Gasteiger partial charge in [-0.3, -0.25) is 0 Å². The zero-order valence-corrected chi connectivity index (χ0v) is 10.5. The Labute approximate surface area is 89.4 Å². The van der Waals surface area contributed by atoms with Crippen LogP contribution in [0.5, 0.6) is 0 Å². The van der Waals surface area contributed by atoms with Crippen molar-refractivity contribution in [1.29, 1.82) is 0 Å². The number of rotatable bonds is 8. The molecule has 0 saturated heterocycles. The molecule has 0 atom stereocenters. The van der Waals surface area contributed by atoms with Crippen LogP contribution in [0, 0.1) is 11.3 Å². The summed E-state index contributed by atoms with van der Waals surface area (Å²) in [5.74, 6) is 0.741. The van der Waals surface area contributed by atoms with Crippen molar-refractivity contribution in [3.63, 3.8) is 0 Å². The summed E-state index contributed by atoms with van der Waals surface area (Å²) in [4.78, 5) is 0. The second-order valence-electron chi connectivity index (χ2n) is 5.29. The monoisotopic (exact) mass is 201 g/mol. The van der Waals surface area contributed by atoms with Gasteiger partial charge in [-0.1, -0.05) is 27.7 Å². The van der Waals surface area contributed by atoms with Crippen molar-refractivity contribution < 1.29 is 4.74 Å². The smallest absolute Gasteiger partial charge is 0.0462 e. The first-order chi connectivity index (χ1) is 6.48. The molecule has 86 valence electrons. The van der Waals surface area contributed by atoms with Crippen LogP contribution in [0.4, 0.5) is 0 Å². The van der Waals surface area contributed by atoms with Crippen LogP contribution in [0.15, 0.2) is 0 Å². The minimum Gasteiger partial charge on any atom is -0.385 e. The van der Waals surface area contributed by atoms with E-state index in [-0.39, 0.29) is 0 Å². The van der Waals surface area contributed by atoms with Gasteiger partial charge in [0.25, 0.3) is 0 Å². The maximum Gasteiger partial charge on any atom is 0.0462 e. The van der Waals surface area contributed by atoms with E-state index in [1.54, 1.807) is 7.11 Å². The van der Waals surface area contributed by atoms with Crippen molar-refractivity contribution in [2.24, 2.45) is 11.3 Å². The van der Waals surface area contributed by atoms with Crippen LogP contribution in [-0.2, 0) is 4.74 Å². The number of nitrogens with one attached hydrogen (secondary N) is 1. The highest BCUT2D eigenvalue weighted by molar-refractivity contribution is 4.71. The van der Waals surface area contributed by atoms with Gasteiger partial charge in [-0.05, 0) is 30.7 Å². The van der Waals surface area contributed by atoms with Crippen LogP contribution < -0.4 is 5.32 Å². The normalized spacial score (nSPS) is 12.4. The van der Waals surface area contributed by atoms with Crippen LogP contribution in [0.3, 0.4) is 0 Å². The Balaban J connectivity index is 3.50. The van der Waals surface area contributed by atoms with E-state index in [0.717, 1.165) is 32.0 Å². The second kappa shape index (κ2) is 7.24. The summed E-state index contributed by atoms with van der Waals surface area (Å²) < 4.78 is 5.06.